The van der Waals surface area contributed by atoms with Gasteiger partial charge in [-0.1, -0.05) is 30.3 Å². The van der Waals surface area contributed by atoms with Crippen molar-refractivity contribution < 1.29 is 4.79 Å². The summed E-state index contributed by atoms with van der Waals surface area (Å²) in [4.78, 5) is 12.1. The van der Waals surface area contributed by atoms with Gasteiger partial charge < -0.3 is 11.1 Å². The number of hydrogen-bond acceptors (Lipinski definition) is 3. The zero-order valence-corrected chi connectivity index (χ0v) is 11.2. The van der Waals surface area contributed by atoms with Crippen LogP contribution in [0.4, 0.5) is 11.4 Å². The van der Waals surface area contributed by atoms with Crippen molar-refractivity contribution in [3.63, 3.8) is 0 Å². The number of rotatable bonds is 4. The summed E-state index contributed by atoms with van der Waals surface area (Å²) in [6.07, 6.45) is 0. The van der Waals surface area contributed by atoms with Gasteiger partial charge in [-0.2, -0.15) is 0 Å². The lowest BCUT2D eigenvalue weighted by Crippen LogP contribution is -2.14. The molecule has 3 nitrogen and oxygen atoms in total. The minimum atomic E-state index is 0.0370. The molecule has 0 saturated heterocycles. The number of anilines is 2. The molecule has 2 aromatic rings. The number of nitrogen functional groups attached to an aromatic ring is 1. The highest BCUT2D eigenvalue weighted by atomic mass is 16.1. The Morgan fingerprint density at radius 3 is 2.53 bits per heavy atom. The quantitative estimate of drug-likeness (QED) is 0.651. The van der Waals surface area contributed by atoms with Crippen LogP contribution in [-0.4, -0.2) is 12.3 Å². The predicted molar refractivity (Wildman–Crippen MR) is 79.6 cm³/mol. The molecule has 0 fully saturated rings. The Hall–Kier alpha value is -2.29. The lowest BCUT2D eigenvalue weighted by molar-refractivity contribution is 0.101. The maximum absolute atomic E-state index is 12.1. The zero-order valence-electron chi connectivity index (χ0n) is 11.2. The van der Waals surface area contributed by atoms with Gasteiger partial charge in [-0.05, 0) is 37.1 Å². The minimum Gasteiger partial charge on any atom is -0.398 e. The van der Waals surface area contributed by atoms with Crippen molar-refractivity contribution in [2.24, 2.45) is 0 Å². The number of hydrogen-bond donors (Lipinski definition) is 2. The van der Waals surface area contributed by atoms with Gasteiger partial charge in [0.2, 0.25) is 0 Å². The number of ketones is 1. The van der Waals surface area contributed by atoms with E-state index in [9.17, 15) is 4.79 Å². The van der Waals surface area contributed by atoms with Crippen LogP contribution in [0.1, 0.15) is 21.5 Å². The highest BCUT2D eigenvalue weighted by molar-refractivity contribution is 5.99. The number of nitrogens with two attached hydrogens (primary N) is 1. The van der Waals surface area contributed by atoms with Crippen LogP contribution in [0.2, 0.25) is 0 Å². The number of aryl methyl sites for hydroxylation is 2. The Balaban J connectivity index is 2.05. The second-order valence-corrected chi connectivity index (χ2v) is 4.66. The van der Waals surface area contributed by atoms with Gasteiger partial charge in [-0.15, -0.1) is 0 Å². The fourth-order valence-corrected chi connectivity index (χ4v) is 1.86. The molecule has 3 N–H and O–H groups in total. The summed E-state index contributed by atoms with van der Waals surface area (Å²) in [5, 5.41) is 3.15. The molecule has 0 aliphatic carbocycles. The van der Waals surface area contributed by atoms with Crippen molar-refractivity contribution in [2.45, 2.75) is 13.8 Å². The second-order valence-electron chi connectivity index (χ2n) is 4.66. The minimum absolute atomic E-state index is 0.0370. The van der Waals surface area contributed by atoms with E-state index < -0.39 is 0 Å². The van der Waals surface area contributed by atoms with Crippen molar-refractivity contribution in [3.8, 4) is 0 Å². The molecule has 0 heterocycles. The molecule has 0 amide bonds. The number of nitrogens with one attached hydrogen (secondary N) is 1. The SMILES string of the molecule is Cc1ccc(C(=O)CNc2ccccc2C)cc1N. The second kappa shape index (κ2) is 5.57. The molecule has 0 radical (unpaired) electrons. The zero-order chi connectivity index (χ0) is 13.8. The van der Waals surface area contributed by atoms with Crippen LogP contribution in [0.5, 0.6) is 0 Å². The molecule has 19 heavy (non-hydrogen) atoms. The molecule has 2 rings (SSSR count). The van der Waals surface area contributed by atoms with Crippen LogP contribution in [0.15, 0.2) is 42.5 Å². The maximum Gasteiger partial charge on any atom is 0.181 e. The highest BCUT2D eigenvalue weighted by Crippen LogP contribution is 2.15. The van der Waals surface area contributed by atoms with Gasteiger partial charge in [0.1, 0.15) is 0 Å². The molecule has 3 heteroatoms. The summed E-state index contributed by atoms with van der Waals surface area (Å²) in [5.74, 6) is 0.0370. The summed E-state index contributed by atoms with van der Waals surface area (Å²) in [7, 11) is 0. The number of carbonyl (C=O) groups excluding carboxylic acids is 1. The van der Waals surface area contributed by atoms with E-state index in [1.807, 2.05) is 50.2 Å². The van der Waals surface area contributed by atoms with E-state index >= 15 is 0 Å². The van der Waals surface area contributed by atoms with Crippen LogP contribution >= 0.6 is 0 Å². The van der Waals surface area contributed by atoms with Crippen molar-refractivity contribution in [1.29, 1.82) is 0 Å². The Bertz CT molecular complexity index is 605. The van der Waals surface area contributed by atoms with Crippen molar-refractivity contribution in [2.75, 3.05) is 17.6 Å². The third kappa shape index (κ3) is 3.13. The Labute approximate surface area is 113 Å². The van der Waals surface area contributed by atoms with E-state index in [-0.39, 0.29) is 12.3 Å². The van der Waals surface area contributed by atoms with Crippen LogP contribution < -0.4 is 11.1 Å². The molecule has 0 atom stereocenters. The van der Waals surface area contributed by atoms with E-state index in [1.165, 1.54) is 0 Å². The van der Waals surface area contributed by atoms with Crippen molar-refractivity contribution in [3.05, 3.63) is 59.2 Å². The van der Waals surface area contributed by atoms with Crippen molar-refractivity contribution in [1.82, 2.24) is 0 Å². The summed E-state index contributed by atoms with van der Waals surface area (Å²) in [6.45, 7) is 4.21. The van der Waals surface area contributed by atoms with E-state index in [1.54, 1.807) is 6.07 Å². The van der Waals surface area contributed by atoms with Crippen LogP contribution in [0.25, 0.3) is 0 Å². The third-order valence-electron chi connectivity index (χ3n) is 3.19. The summed E-state index contributed by atoms with van der Waals surface area (Å²) < 4.78 is 0. The molecule has 0 aromatic heterocycles. The first-order valence-electron chi connectivity index (χ1n) is 6.27. The van der Waals surface area contributed by atoms with E-state index in [2.05, 4.69) is 5.32 Å². The normalized spacial score (nSPS) is 10.2. The molecule has 98 valence electrons. The number of carbonyl (C=O) groups is 1. The molecule has 0 aliphatic heterocycles. The first kappa shape index (κ1) is 13.1. The third-order valence-corrected chi connectivity index (χ3v) is 3.19. The Kier molecular flexibility index (Phi) is 3.85. The molecule has 0 saturated carbocycles. The van der Waals surface area contributed by atoms with Gasteiger partial charge >= 0.3 is 0 Å². The van der Waals surface area contributed by atoms with Gasteiger partial charge in [0.05, 0.1) is 6.54 Å². The number of benzene rings is 2. The van der Waals surface area contributed by atoms with Crippen LogP contribution in [0.3, 0.4) is 0 Å². The largest absolute Gasteiger partial charge is 0.398 e. The van der Waals surface area contributed by atoms with Gasteiger partial charge in [0.15, 0.2) is 5.78 Å². The average molecular weight is 254 g/mol. The van der Waals surface area contributed by atoms with E-state index in [4.69, 9.17) is 5.73 Å². The van der Waals surface area contributed by atoms with Crippen LogP contribution in [0, 0.1) is 13.8 Å². The molecular formula is C16H18N2O. The lowest BCUT2D eigenvalue weighted by atomic mass is 10.1. The van der Waals surface area contributed by atoms with Gasteiger partial charge in [0.25, 0.3) is 0 Å². The van der Waals surface area contributed by atoms with Gasteiger partial charge in [0, 0.05) is 16.9 Å². The number of Topliss-reactive ketones (excluding diaryl/α,β-unsaturated/α-hetero) is 1. The lowest BCUT2D eigenvalue weighted by Gasteiger charge is -2.09. The first-order valence-corrected chi connectivity index (χ1v) is 6.27. The summed E-state index contributed by atoms with van der Waals surface area (Å²) in [6, 6.07) is 13.3. The topological polar surface area (TPSA) is 55.1 Å². The van der Waals surface area contributed by atoms with Gasteiger partial charge in [-0.25, -0.2) is 0 Å². The molecular weight excluding hydrogens is 236 g/mol. The number of para-hydroxylation sites is 1. The standard InChI is InChI=1S/C16H18N2O/c1-11-7-8-13(9-14(11)17)16(19)10-18-15-6-4-3-5-12(15)2/h3-9,18H,10,17H2,1-2H3. The average Bonchev–Trinajstić information content (AvgIpc) is 2.40. The predicted octanol–water partition coefficient (Wildman–Crippen LogP) is 3.18. The first-order chi connectivity index (χ1) is 9.08. The highest BCUT2D eigenvalue weighted by Gasteiger charge is 2.07. The Morgan fingerprint density at radius 1 is 1.11 bits per heavy atom. The summed E-state index contributed by atoms with van der Waals surface area (Å²) >= 11 is 0. The molecule has 0 spiro atoms. The molecule has 2 aromatic carbocycles. The van der Waals surface area contributed by atoms with Crippen molar-refractivity contribution >= 4 is 17.2 Å². The van der Waals surface area contributed by atoms with E-state index in [0.29, 0.717) is 11.3 Å². The fraction of sp³-hybridized carbons (Fsp3) is 0.188. The monoisotopic (exact) mass is 254 g/mol. The Morgan fingerprint density at radius 2 is 1.84 bits per heavy atom. The molecule has 0 bridgehead atoms. The maximum atomic E-state index is 12.1. The fourth-order valence-electron chi connectivity index (χ4n) is 1.86. The molecule has 0 aliphatic rings. The molecule has 0 unspecified atom stereocenters. The summed E-state index contributed by atoms with van der Waals surface area (Å²) in [5.41, 5.74) is 10.2. The smallest absolute Gasteiger partial charge is 0.181 e. The van der Waals surface area contributed by atoms with Crippen LogP contribution in [-0.2, 0) is 0 Å². The van der Waals surface area contributed by atoms with Gasteiger partial charge in [-0.3, -0.25) is 4.79 Å². The van der Waals surface area contributed by atoms with E-state index in [0.717, 1.165) is 16.8 Å².